The van der Waals surface area contributed by atoms with Crippen LogP contribution in [0.1, 0.15) is 46.5 Å². The monoisotopic (exact) mass is 324 g/mol. The molecule has 0 aromatic rings. The van der Waals surface area contributed by atoms with Gasteiger partial charge in [-0.3, -0.25) is 0 Å². The highest BCUT2D eigenvalue weighted by atomic mass is 16.5. The molecule has 0 aromatic heterocycles. The Labute approximate surface area is 141 Å². The molecule has 0 bridgehead atoms. The summed E-state index contributed by atoms with van der Waals surface area (Å²) < 4.78 is 16.0. The van der Waals surface area contributed by atoms with Gasteiger partial charge in [-0.05, 0) is 37.2 Å². The van der Waals surface area contributed by atoms with Gasteiger partial charge in [-0.1, -0.05) is 40.0 Å². The van der Waals surface area contributed by atoms with Crippen molar-refractivity contribution in [1.29, 1.82) is 0 Å². The number of esters is 1. The van der Waals surface area contributed by atoms with Crippen LogP contribution in [0.15, 0.2) is 36.1 Å². The first-order chi connectivity index (χ1) is 11.1. The largest absolute Gasteiger partial charge is 0.489 e. The lowest BCUT2D eigenvalue weighted by atomic mass is 9.88. The number of carbonyl (C=O) groups excluding carboxylic acids is 1. The summed E-state index contributed by atoms with van der Waals surface area (Å²) in [5, 5.41) is 0. The Kier molecular flexibility index (Phi) is 11.1. The predicted molar refractivity (Wildman–Crippen MR) is 94.1 cm³/mol. The topological polar surface area (TPSA) is 44.8 Å². The maximum atomic E-state index is 11.8. The molecule has 4 nitrogen and oxygen atoms in total. The van der Waals surface area contributed by atoms with Crippen LogP contribution in [0.3, 0.4) is 0 Å². The van der Waals surface area contributed by atoms with Crippen LogP contribution < -0.4 is 0 Å². The van der Waals surface area contributed by atoms with Crippen molar-refractivity contribution in [3.05, 3.63) is 36.1 Å². The van der Waals surface area contributed by atoms with Crippen molar-refractivity contribution >= 4 is 5.97 Å². The molecule has 1 aliphatic heterocycles. The standard InChI is InChI=1S/C17H26O4.C2H6/c1-6-13(10-11-19-4)15-9-8-12(3)16(21-15)14(7-2)17(18)20-5;1-2/h7,13,15H,2-3,6,8-11H2,1,4-5H3;1-2H3/b16-14-;. The molecule has 1 rings (SSSR count). The van der Waals surface area contributed by atoms with Crippen molar-refractivity contribution in [3.63, 3.8) is 0 Å². The first kappa shape index (κ1) is 21.4. The highest BCUT2D eigenvalue weighted by Crippen LogP contribution is 2.34. The molecule has 0 N–H and O–H groups in total. The second kappa shape index (κ2) is 11.9. The van der Waals surface area contributed by atoms with Crippen molar-refractivity contribution in [3.8, 4) is 0 Å². The number of rotatable bonds is 7. The SMILES string of the molecule is C=C/C(C(=O)OC)=C1/OC(C(CC)CCOC)CCC1=C.CC. The highest BCUT2D eigenvalue weighted by Gasteiger charge is 2.30. The van der Waals surface area contributed by atoms with Crippen molar-refractivity contribution in [1.82, 2.24) is 0 Å². The molecular formula is C19H32O4. The zero-order valence-corrected chi connectivity index (χ0v) is 15.3. The van der Waals surface area contributed by atoms with Crippen LogP contribution in [-0.2, 0) is 19.0 Å². The molecule has 0 spiro atoms. The van der Waals surface area contributed by atoms with Gasteiger partial charge in [-0.15, -0.1) is 0 Å². The van der Waals surface area contributed by atoms with Gasteiger partial charge in [0, 0.05) is 13.7 Å². The van der Waals surface area contributed by atoms with E-state index in [2.05, 4.69) is 20.1 Å². The maximum absolute atomic E-state index is 11.8. The molecule has 0 saturated carbocycles. The molecule has 1 heterocycles. The van der Waals surface area contributed by atoms with E-state index in [9.17, 15) is 4.79 Å². The van der Waals surface area contributed by atoms with E-state index in [1.165, 1.54) is 13.2 Å². The lowest BCUT2D eigenvalue weighted by molar-refractivity contribution is -0.136. The number of ether oxygens (including phenoxy) is 3. The second-order valence-electron chi connectivity index (χ2n) is 5.19. The Balaban J connectivity index is 0.00000232. The first-order valence-electron chi connectivity index (χ1n) is 8.37. The van der Waals surface area contributed by atoms with Gasteiger partial charge in [0.2, 0.25) is 0 Å². The van der Waals surface area contributed by atoms with Crippen LogP contribution in [-0.4, -0.2) is 32.9 Å². The molecule has 0 radical (unpaired) electrons. The lowest BCUT2D eigenvalue weighted by Crippen LogP contribution is -2.29. The van der Waals surface area contributed by atoms with E-state index in [4.69, 9.17) is 14.2 Å². The third kappa shape index (κ3) is 6.22. The Bertz CT molecular complexity index is 423. The Morgan fingerprint density at radius 1 is 1.43 bits per heavy atom. The summed E-state index contributed by atoms with van der Waals surface area (Å²) in [6.45, 7) is 14.5. The number of allylic oxidation sites excluding steroid dienone is 1. The van der Waals surface area contributed by atoms with E-state index in [1.54, 1.807) is 7.11 Å². The summed E-state index contributed by atoms with van der Waals surface area (Å²) in [4.78, 5) is 11.8. The third-order valence-electron chi connectivity index (χ3n) is 3.92. The summed E-state index contributed by atoms with van der Waals surface area (Å²) >= 11 is 0. The van der Waals surface area contributed by atoms with Crippen molar-refractivity contribution in [2.24, 2.45) is 5.92 Å². The van der Waals surface area contributed by atoms with Gasteiger partial charge in [-0.25, -0.2) is 4.79 Å². The van der Waals surface area contributed by atoms with Crippen LogP contribution in [0.5, 0.6) is 0 Å². The third-order valence-corrected chi connectivity index (χ3v) is 3.92. The van der Waals surface area contributed by atoms with E-state index >= 15 is 0 Å². The van der Waals surface area contributed by atoms with E-state index < -0.39 is 5.97 Å². The van der Waals surface area contributed by atoms with E-state index in [-0.39, 0.29) is 6.10 Å². The Morgan fingerprint density at radius 3 is 2.57 bits per heavy atom. The van der Waals surface area contributed by atoms with Gasteiger partial charge in [-0.2, -0.15) is 0 Å². The second-order valence-corrected chi connectivity index (χ2v) is 5.19. The van der Waals surface area contributed by atoms with Gasteiger partial charge >= 0.3 is 5.97 Å². The van der Waals surface area contributed by atoms with Gasteiger partial charge < -0.3 is 14.2 Å². The molecule has 4 heteroatoms. The smallest absolute Gasteiger partial charge is 0.341 e. The molecule has 2 unspecified atom stereocenters. The normalized spacial score (nSPS) is 20.6. The molecule has 23 heavy (non-hydrogen) atoms. The van der Waals surface area contributed by atoms with E-state index in [0.29, 0.717) is 23.9 Å². The van der Waals surface area contributed by atoms with Gasteiger partial charge in [0.25, 0.3) is 0 Å². The number of methoxy groups -OCH3 is 2. The fourth-order valence-electron chi connectivity index (χ4n) is 2.61. The average molecular weight is 324 g/mol. The summed E-state index contributed by atoms with van der Waals surface area (Å²) in [5.41, 5.74) is 1.18. The van der Waals surface area contributed by atoms with Gasteiger partial charge in [0.15, 0.2) is 0 Å². The minimum Gasteiger partial charge on any atom is -0.489 e. The fraction of sp³-hybridized carbons (Fsp3) is 0.632. The number of hydrogen-bond acceptors (Lipinski definition) is 4. The molecule has 1 saturated heterocycles. The maximum Gasteiger partial charge on any atom is 0.341 e. The molecule has 132 valence electrons. The first-order valence-corrected chi connectivity index (χ1v) is 8.37. The summed E-state index contributed by atoms with van der Waals surface area (Å²) in [7, 11) is 3.05. The molecule has 0 aliphatic carbocycles. The minimum absolute atomic E-state index is 0.0743. The summed E-state index contributed by atoms with van der Waals surface area (Å²) in [5.74, 6) is 0.493. The quantitative estimate of drug-likeness (QED) is 0.513. The fourth-order valence-corrected chi connectivity index (χ4v) is 2.61. The molecule has 0 amide bonds. The number of hydrogen-bond donors (Lipinski definition) is 0. The van der Waals surface area contributed by atoms with Crippen molar-refractivity contribution in [2.45, 2.75) is 52.6 Å². The molecule has 1 aliphatic rings. The van der Waals surface area contributed by atoms with Crippen LogP contribution in [0.2, 0.25) is 0 Å². The van der Waals surface area contributed by atoms with E-state index in [1.807, 2.05) is 13.8 Å². The Hall–Kier alpha value is -1.55. The molecular weight excluding hydrogens is 292 g/mol. The van der Waals surface area contributed by atoms with Crippen LogP contribution in [0.4, 0.5) is 0 Å². The molecule has 1 fully saturated rings. The van der Waals surface area contributed by atoms with Crippen molar-refractivity contribution in [2.75, 3.05) is 20.8 Å². The lowest BCUT2D eigenvalue weighted by Gasteiger charge is -2.33. The summed E-state index contributed by atoms with van der Waals surface area (Å²) in [6, 6.07) is 0. The average Bonchev–Trinajstić information content (AvgIpc) is 2.60. The molecule has 0 aromatic carbocycles. The van der Waals surface area contributed by atoms with Crippen LogP contribution >= 0.6 is 0 Å². The minimum atomic E-state index is -0.438. The van der Waals surface area contributed by atoms with Gasteiger partial charge in [0.05, 0.1) is 7.11 Å². The summed E-state index contributed by atoms with van der Waals surface area (Å²) in [6.07, 6.45) is 5.23. The Morgan fingerprint density at radius 2 is 2.09 bits per heavy atom. The van der Waals surface area contributed by atoms with Crippen LogP contribution in [0.25, 0.3) is 0 Å². The highest BCUT2D eigenvalue weighted by molar-refractivity contribution is 5.92. The predicted octanol–water partition coefficient (Wildman–Crippen LogP) is 4.42. The van der Waals surface area contributed by atoms with Crippen LogP contribution in [0, 0.1) is 5.92 Å². The zero-order valence-electron chi connectivity index (χ0n) is 15.3. The van der Waals surface area contributed by atoms with E-state index in [0.717, 1.165) is 31.3 Å². The molecule has 2 atom stereocenters. The zero-order chi connectivity index (χ0) is 17.8. The number of carbonyl (C=O) groups is 1. The van der Waals surface area contributed by atoms with Gasteiger partial charge in [0.1, 0.15) is 17.4 Å². The van der Waals surface area contributed by atoms with Crippen molar-refractivity contribution < 1.29 is 19.0 Å².